The Kier molecular flexibility index (Phi) is 8.50. The van der Waals surface area contributed by atoms with Crippen molar-refractivity contribution >= 4 is 55.3 Å². The van der Waals surface area contributed by atoms with E-state index in [1.54, 1.807) is 11.1 Å². The second kappa shape index (κ2) is 11.6. The van der Waals surface area contributed by atoms with Gasteiger partial charge in [-0.05, 0) is 49.8 Å². The molecule has 0 radical (unpaired) electrons. The number of nitrogens with two attached hydrogens (primary N) is 1. The first-order valence-corrected chi connectivity index (χ1v) is 14.8. The maximum Gasteiger partial charge on any atom is 0.253 e. The molecule has 0 bridgehead atoms. The lowest BCUT2D eigenvalue weighted by atomic mass is 9.99. The highest BCUT2D eigenvalue weighted by Crippen LogP contribution is 2.43. The number of pyridine rings is 1. The fourth-order valence-electron chi connectivity index (χ4n) is 3.82. The molecule has 7 nitrogen and oxygen atoms in total. The number of rotatable bonds is 10. The topological polar surface area (TPSA) is 92.4 Å². The van der Waals surface area contributed by atoms with Crippen LogP contribution in [0.15, 0.2) is 46.1 Å². The van der Waals surface area contributed by atoms with E-state index in [0.29, 0.717) is 27.8 Å². The van der Waals surface area contributed by atoms with Gasteiger partial charge in [0.05, 0.1) is 16.5 Å². The number of nitrogens with zero attached hydrogens (tertiary/aromatic N) is 4. The van der Waals surface area contributed by atoms with Crippen molar-refractivity contribution in [2.45, 2.75) is 24.0 Å². The van der Waals surface area contributed by atoms with Crippen molar-refractivity contribution in [3.63, 3.8) is 0 Å². The molecule has 4 rings (SSSR count). The number of thiophene rings is 1. The van der Waals surface area contributed by atoms with E-state index < -0.39 is 10.8 Å². The summed E-state index contributed by atoms with van der Waals surface area (Å²) in [7, 11) is 4.61. The van der Waals surface area contributed by atoms with E-state index in [2.05, 4.69) is 16.8 Å². The molecule has 0 aliphatic carbocycles. The fourth-order valence-corrected chi connectivity index (χ4v) is 7.21. The van der Waals surface area contributed by atoms with E-state index in [9.17, 15) is 9.00 Å². The van der Waals surface area contributed by atoms with Crippen molar-refractivity contribution in [3.05, 3.63) is 47.5 Å². The van der Waals surface area contributed by atoms with E-state index in [-0.39, 0.29) is 5.91 Å². The van der Waals surface area contributed by atoms with Gasteiger partial charge in [0.2, 0.25) is 0 Å². The molecule has 3 heterocycles. The molecule has 2 N–H and O–H groups in total. The van der Waals surface area contributed by atoms with Crippen molar-refractivity contribution < 1.29 is 9.00 Å². The molecule has 10 heteroatoms. The van der Waals surface area contributed by atoms with Crippen molar-refractivity contribution in [2.75, 3.05) is 45.7 Å². The summed E-state index contributed by atoms with van der Waals surface area (Å²) in [5.41, 5.74) is 10.2. The molecule has 0 aliphatic rings. The van der Waals surface area contributed by atoms with Gasteiger partial charge in [-0.2, -0.15) is 0 Å². The summed E-state index contributed by atoms with van der Waals surface area (Å²) < 4.78 is 13.7. The maximum atomic E-state index is 13.1. The number of carbonyl (C=O) groups is 1. The third kappa shape index (κ3) is 5.67. The zero-order valence-corrected chi connectivity index (χ0v) is 23.4. The smallest absolute Gasteiger partial charge is 0.253 e. The average Bonchev–Trinajstić information content (AvgIpc) is 3.53. The van der Waals surface area contributed by atoms with Gasteiger partial charge in [0.25, 0.3) is 5.91 Å². The number of hydrogen-bond donors (Lipinski definition) is 1. The molecular weight excluding hydrogens is 511 g/mol. The molecule has 3 aromatic heterocycles. The van der Waals surface area contributed by atoms with Crippen molar-refractivity contribution in [1.29, 1.82) is 0 Å². The molecule has 0 spiro atoms. The van der Waals surface area contributed by atoms with E-state index >= 15 is 0 Å². The van der Waals surface area contributed by atoms with Crippen LogP contribution < -0.4 is 5.73 Å². The molecule has 0 aliphatic heterocycles. The maximum absolute atomic E-state index is 13.1. The minimum atomic E-state index is -1.18. The van der Waals surface area contributed by atoms with Crippen LogP contribution in [0, 0.1) is 0 Å². The number of nitrogen functional groups attached to an aromatic ring is 1. The minimum Gasteiger partial charge on any atom is -0.396 e. The van der Waals surface area contributed by atoms with Crippen LogP contribution in [-0.4, -0.2) is 69.9 Å². The van der Waals surface area contributed by atoms with Crippen LogP contribution in [0.2, 0.25) is 0 Å². The second-order valence-corrected chi connectivity index (χ2v) is 12.5. The number of unbranched alkanes of at least 4 members (excludes halogenated alkanes) is 1. The zero-order chi connectivity index (χ0) is 25.8. The van der Waals surface area contributed by atoms with Crippen LogP contribution in [0.25, 0.3) is 32.0 Å². The Hall–Kier alpha value is -2.66. The third-order valence-corrected chi connectivity index (χ3v) is 9.65. The summed E-state index contributed by atoms with van der Waals surface area (Å²) >= 11 is 2.90. The van der Waals surface area contributed by atoms with Gasteiger partial charge in [0.15, 0.2) is 0 Å². The summed E-state index contributed by atoms with van der Waals surface area (Å²) in [5, 5.41) is 3.50. The monoisotopic (exact) mass is 541 g/mol. The highest BCUT2D eigenvalue weighted by atomic mass is 32.2. The minimum absolute atomic E-state index is 0.0382. The van der Waals surface area contributed by atoms with Gasteiger partial charge in [-0.3, -0.25) is 9.00 Å². The summed E-state index contributed by atoms with van der Waals surface area (Å²) in [6.45, 7) is 3.50. The molecule has 36 heavy (non-hydrogen) atoms. The van der Waals surface area contributed by atoms with Crippen molar-refractivity contribution in [1.82, 2.24) is 19.8 Å². The van der Waals surface area contributed by atoms with Gasteiger partial charge < -0.3 is 15.5 Å². The Balaban J connectivity index is 1.82. The standard InChI is InChI=1S/C26H31N5O2S3/c1-5-6-14-36(33)26-22(27)21-19(16-20(29-24(21)35-26)23-28-10-13-34-23)17-8-7-9-18(15-17)25(32)31(4)12-11-30(2)3/h7-10,13,15-16H,5-6,11-12,14,27H2,1-4H3. The predicted molar refractivity (Wildman–Crippen MR) is 152 cm³/mol. The molecule has 1 atom stereocenters. The van der Waals surface area contributed by atoms with Gasteiger partial charge in [-0.25, -0.2) is 9.97 Å². The number of hydrogen-bond acceptors (Lipinski definition) is 8. The Labute approximate surface area is 222 Å². The highest BCUT2D eigenvalue weighted by Gasteiger charge is 2.22. The number of aromatic nitrogens is 2. The Morgan fingerprint density at radius 2 is 1.97 bits per heavy atom. The van der Waals surface area contributed by atoms with Gasteiger partial charge >= 0.3 is 0 Å². The Bertz CT molecular complexity index is 1380. The summed E-state index contributed by atoms with van der Waals surface area (Å²) in [5.74, 6) is 0.537. The molecule has 0 saturated carbocycles. The number of likely N-dealkylation sites (N-methyl/N-ethyl adjacent to an activating group) is 2. The summed E-state index contributed by atoms with van der Waals surface area (Å²) in [4.78, 5) is 26.9. The normalized spacial score (nSPS) is 12.4. The predicted octanol–water partition coefficient (Wildman–Crippen LogP) is 5.21. The molecule has 1 aromatic carbocycles. The lowest BCUT2D eigenvalue weighted by molar-refractivity contribution is 0.0786. The first-order chi connectivity index (χ1) is 17.3. The number of anilines is 1. The number of amides is 1. The Morgan fingerprint density at radius 3 is 2.67 bits per heavy atom. The largest absolute Gasteiger partial charge is 0.396 e. The first kappa shape index (κ1) is 26.4. The Morgan fingerprint density at radius 1 is 1.17 bits per heavy atom. The van der Waals surface area contributed by atoms with E-state index in [1.807, 2.05) is 56.9 Å². The van der Waals surface area contributed by atoms with E-state index in [4.69, 9.17) is 10.7 Å². The van der Waals surface area contributed by atoms with Crippen molar-refractivity contribution in [2.24, 2.45) is 0 Å². The molecule has 0 fully saturated rings. The number of thiazole rings is 1. The first-order valence-electron chi connectivity index (χ1n) is 11.8. The lowest BCUT2D eigenvalue weighted by Gasteiger charge is -2.20. The quantitative estimate of drug-likeness (QED) is 0.296. The number of carbonyl (C=O) groups excluding carboxylic acids is 1. The van der Waals surface area contributed by atoms with Crippen LogP contribution in [0.1, 0.15) is 30.1 Å². The molecule has 4 aromatic rings. The highest BCUT2D eigenvalue weighted by molar-refractivity contribution is 7.87. The average molecular weight is 542 g/mol. The van der Waals surface area contributed by atoms with Crippen LogP contribution in [0.5, 0.6) is 0 Å². The van der Waals surface area contributed by atoms with Gasteiger partial charge in [-0.15, -0.1) is 22.7 Å². The van der Waals surface area contributed by atoms with Crippen LogP contribution in [0.4, 0.5) is 5.69 Å². The summed E-state index contributed by atoms with van der Waals surface area (Å²) in [6, 6.07) is 9.57. The van der Waals surface area contributed by atoms with Gasteiger partial charge in [0, 0.05) is 48.4 Å². The van der Waals surface area contributed by atoms with Crippen LogP contribution in [-0.2, 0) is 10.8 Å². The number of benzene rings is 1. The van der Waals surface area contributed by atoms with Crippen molar-refractivity contribution in [3.8, 4) is 21.8 Å². The van der Waals surface area contributed by atoms with Gasteiger partial charge in [0.1, 0.15) is 19.7 Å². The van der Waals surface area contributed by atoms with Crippen LogP contribution in [0.3, 0.4) is 0 Å². The summed E-state index contributed by atoms with van der Waals surface area (Å²) in [6.07, 6.45) is 3.59. The zero-order valence-electron chi connectivity index (χ0n) is 21.0. The second-order valence-electron chi connectivity index (χ2n) is 8.89. The number of fused-ring (bicyclic) bond motifs is 1. The molecule has 1 unspecified atom stereocenters. The third-order valence-electron chi connectivity index (χ3n) is 5.86. The van der Waals surface area contributed by atoms with Gasteiger partial charge in [-0.1, -0.05) is 25.5 Å². The van der Waals surface area contributed by atoms with E-state index in [0.717, 1.165) is 51.4 Å². The SMILES string of the molecule is CCCCS(=O)c1sc2nc(-c3nccs3)cc(-c3cccc(C(=O)N(C)CCN(C)C)c3)c2c1N. The lowest BCUT2D eigenvalue weighted by Crippen LogP contribution is -2.33. The van der Waals surface area contributed by atoms with E-state index in [1.165, 1.54) is 22.7 Å². The fraction of sp³-hybridized carbons (Fsp3) is 0.346. The molecule has 1 amide bonds. The molecule has 190 valence electrons. The molecule has 0 saturated heterocycles. The van der Waals surface area contributed by atoms with Crippen LogP contribution >= 0.6 is 22.7 Å². The molecular formula is C26H31N5O2S3.